The predicted molar refractivity (Wildman–Crippen MR) is 58.4 cm³/mol. The van der Waals surface area contributed by atoms with E-state index in [1.807, 2.05) is 4.90 Å². The van der Waals surface area contributed by atoms with Gasteiger partial charge in [0.1, 0.15) is 12.6 Å². The van der Waals surface area contributed by atoms with E-state index in [1.165, 1.54) is 58.3 Å². The zero-order valence-corrected chi connectivity index (χ0v) is 9.60. The van der Waals surface area contributed by atoms with E-state index in [1.54, 1.807) is 0 Å². The zero-order chi connectivity index (χ0) is 9.80. The van der Waals surface area contributed by atoms with E-state index in [9.17, 15) is 0 Å². The van der Waals surface area contributed by atoms with Gasteiger partial charge in [-0.25, -0.2) is 0 Å². The maximum atomic E-state index is 2.59. The number of hydrogen-bond donors (Lipinski definition) is 2. The summed E-state index contributed by atoms with van der Waals surface area (Å²) in [6, 6.07) is 0.951. The molecule has 82 valence electrons. The van der Waals surface area contributed by atoms with Gasteiger partial charge in [-0.3, -0.25) is 0 Å². The van der Waals surface area contributed by atoms with Crippen molar-refractivity contribution in [1.29, 1.82) is 0 Å². The lowest BCUT2D eigenvalue weighted by Crippen LogP contribution is -3.17. The van der Waals surface area contributed by atoms with Crippen LogP contribution in [0.4, 0.5) is 0 Å². The maximum Gasteiger partial charge on any atom is 0.135 e. The Morgan fingerprint density at radius 1 is 1.14 bits per heavy atom. The van der Waals surface area contributed by atoms with Crippen molar-refractivity contribution in [1.82, 2.24) is 0 Å². The van der Waals surface area contributed by atoms with E-state index in [2.05, 4.69) is 12.2 Å². The van der Waals surface area contributed by atoms with Crippen molar-refractivity contribution in [3.63, 3.8) is 0 Å². The second-order valence-electron chi connectivity index (χ2n) is 5.42. The van der Waals surface area contributed by atoms with Gasteiger partial charge < -0.3 is 10.2 Å². The van der Waals surface area contributed by atoms with Crippen LogP contribution in [-0.2, 0) is 0 Å². The Bertz CT molecular complexity index is 156. The first-order chi connectivity index (χ1) is 6.84. The first-order valence-corrected chi connectivity index (χ1v) is 6.51. The molecule has 0 saturated carbocycles. The van der Waals surface area contributed by atoms with E-state index in [-0.39, 0.29) is 0 Å². The molecule has 2 aliphatic rings. The summed E-state index contributed by atoms with van der Waals surface area (Å²) >= 11 is 0. The second-order valence-corrected chi connectivity index (χ2v) is 5.42. The number of rotatable bonds is 2. The molecule has 2 nitrogen and oxygen atoms in total. The van der Waals surface area contributed by atoms with Crippen LogP contribution in [0.1, 0.15) is 39.0 Å². The molecular weight excluding hydrogens is 172 g/mol. The molecule has 0 bridgehead atoms. The third kappa shape index (κ3) is 2.96. The van der Waals surface area contributed by atoms with Crippen LogP contribution < -0.4 is 10.2 Å². The Kier molecular flexibility index (Phi) is 3.82. The van der Waals surface area contributed by atoms with Gasteiger partial charge in [-0.05, 0) is 31.6 Å². The van der Waals surface area contributed by atoms with Crippen molar-refractivity contribution in [3.8, 4) is 0 Å². The SMILES string of the molecule is CC1CC[NH+](C[C@@H]2CCCC[NH2+]2)CC1. The van der Waals surface area contributed by atoms with Crippen LogP contribution in [0.5, 0.6) is 0 Å². The summed E-state index contributed by atoms with van der Waals surface area (Å²) in [5, 5.41) is 2.59. The van der Waals surface area contributed by atoms with Crippen LogP contribution in [0.15, 0.2) is 0 Å². The van der Waals surface area contributed by atoms with Gasteiger partial charge in [0.15, 0.2) is 0 Å². The van der Waals surface area contributed by atoms with Gasteiger partial charge >= 0.3 is 0 Å². The lowest BCUT2D eigenvalue weighted by molar-refractivity contribution is -0.925. The van der Waals surface area contributed by atoms with Crippen LogP contribution >= 0.6 is 0 Å². The van der Waals surface area contributed by atoms with Gasteiger partial charge in [0.05, 0.1) is 19.6 Å². The lowest BCUT2D eigenvalue weighted by atomic mass is 9.97. The normalized spacial score (nSPS) is 39.6. The molecule has 0 spiro atoms. The van der Waals surface area contributed by atoms with Gasteiger partial charge in [0.2, 0.25) is 0 Å². The summed E-state index contributed by atoms with van der Waals surface area (Å²) in [5.41, 5.74) is 0. The number of piperidine rings is 2. The van der Waals surface area contributed by atoms with Crippen molar-refractivity contribution >= 4 is 0 Å². The fourth-order valence-electron chi connectivity index (χ4n) is 2.95. The van der Waals surface area contributed by atoms with Crippen LogP contribution in [-0.4, -0.2) is 32.2 Å². The van der Waals surface area contributed by atoms with Crippen LogP contribution in [0.3, 0.4) is 0 Å². The van der Waals surface area contributed by atoms with Gasteiger partial charge in [-0.1, -0.05) is 6.92 Å². The van der Waals surface area contributed by atoms with Crippen molar-refractivity contribution in [2.45, 2.75) is 45.1 Å². The number of quaternary nitrogens is 2. The van der Waals surface area contributed by atoms with Crippen molar-refractivity contribution < 1.29 is 10.2 Å². The molecule has 0 unspecified atom stereocenters. The Morgan fingerprint density at radius 2 is 1.93 bits per heavy atom. The topological polar surface area (TPSA) is 21.1 Å². The number of nitrogens with one attached hydrogen (secondary N) is 1. The van der Waals surface area contributed by atoms with Crippen molar-refractivity contribution in [3.05, 3.63) is 0 Å². The van der Waals surface area contributed by atoms with E-state index in [0.717, 1.165) is 12.0 Å². The van der Waals surface area contributed by atoms with E-state index in [4.69, 9.17) is 0 Å². The van der Waals surface area contributed by atoms with Crippen molar-refractivity contribution in [2.75, 3.05) is 26.2 Å². The molecule has 2 heterocycles. The molecule has 0 amide bonds. The monoisotopic (exact) mass is 198 g/mol. The summed E-state index contributed by atoms with van der Waals surface area (Å²) in [4.78, 5) is 1.88. The summed E-state index contributed by atoms with van der Waals surface area (Å²) in [6.45, 7) is 8.10. The molecule has 0 aromatic heterocycles. The third-order valence-corrected chi connectivity index (χ3v) is 4.06. The van der Waals surface area contributed by atoms with Crippen molar-refractivity contribution in [2.24, 2.45) is 5.92 Å². The first kappa shape index (κ1) is 10.4. The number of hydrogen-bond acceptors (Lipinski definition) is 0. The number of nitrogens with two attached hydrogens (primary N) is 1. The molecule has 2 aliphatic heterocycles. The van der Waals surface area contributed by atoms with Gasteiger partial charge in [0.25, 0.3) is 0 Å². The molecule has 2 saturated heterocycles. The van der Waals surface area contributed by atoms with E-state index in [0.29, 0.717) is 0 Å². The summed E-state index contributed by atoms with van der Waals surface area (Å²) in [5.74, 6) is 0.995. The molecule has 3 N–H and O–H groups in total. The van der Waals surface area contributed by atoms with E-state index >= 15 is 0 Å². The molecule has 2 heteroatoms. The molecule has 2 rings (SSSR count). The summed E-state index contributed by atoms with van der Waals surface area (Å²) < 4.78 is 0. The number of likely N-dealkylation sites (tertiary alicyclic amines) is 1. The molecular formula is C12H26N2+2. The predicted octanol–water partition coefficient (Wildman–Crippen LogP) is -0.583. The Morgan fingerprint density at radius 3 is 2.57 bits per heavy atom. The van der Waals surface area contributed by atoms with Crippen LogP contribution in [0.2, 0.25) is 0 Å². The highest BCUT2D eigenvalue weighted by atomic mass is 15.2. The Balaban J connectivity index is 1.68. The first-order valence-electron chi connectivity index (χ1n) is 6.51. The van der Waals surface area contributed by atoms with Gasteiger partial charge in [-0.15, -0.1) is 0 Å². The minimum absolute atomic E-state index is 0.951. The largest absolute Gasteiger partial charge is 0.339 e. The average Bonchev–Trinajstić information content (AvgIpc) is 2.23. The third-order valence-electron chi connectivity index (χ3n) is 4.06. The maximum absolute atomic E-state index is 2.59. The fourth-order valence-corrected chi connectivity index (χ4v) is 2.95. The molecule has 1 atom stereocenters. The standard InChI is InChI=1S/C12H24N2/c1-11-5-8-14(9-6-11)10-12-4-2-3-7-13-12/h11-13H,2-10H2,1H3/p+2/t12-/m0/s1. The van der Waals surface area contributed by atoms with E-state index < -0.39 is 0 Å². The lowest BCUT2D eigenvalue weighted by Gasteiger charge is -2.30. The highest BCUT2D eigenvalue weighted by Crippen LogP contribution is 2.07. The highest BCUT2D eigenvalue weighted by Gasteiger charge is 2.25. The molecule has 0 aromatic rings. The molecule has 0 aliphatic carbocycles. The smallest absolute Gasteiger partial charge is 0.135 e. The zero-order valence-electron chi connectivity index (χ0n) is 9.60. The molecule has 0 radical (unpaired) electrons. The average molecular weight is 198 g/mol. The minimum Gasteiger partial charge on any atom is -0.339 e. The summed E-state index contributed by atoms with van der Waals surface area (Å²) in [7, 11) is 0. The Hall–Kier alpha value is -0.0800. The van der Waals surface area contributed by atoms with Crippen LogP contribution in [0, 0.1) is 5.92 Å². The second kappa shape index (κ2) is 5.13. The van der Waals surface area contributed by atoms with Gasteiger partial charge in [-0.2, -0.15) is 0 Å². The Labute approximate surface area is 88.1 Å². The highest BCUT2D eigenvalue weighted by molar-refractivity contribution is 4.60. The van der Waals surface area contributed by atoms with Gasteiger partial charge in [0, 0.05) is 6.42 Å². The fraction of sp³-hybridized carbons (Fsp3) is 1.00. The molecule has 2 fully saturated rings. The van der Waals surface area contributed by atoms with Crippen LogP contribution in [0.25, 0.3) is 0 Å². The summed E-state index contributed by atoms with van der Waals surface area (Å²) in [6.07, 6.45) is 7.32. The quantitative estimate of drug-likeness (QED) is 0.592. The molecule has 14 heavy (non-hydrogen) atoms. The minimum atomic E-state index is 0.951. The molecule has 0 aromatic carbocycles.